The Morgan fingerprint density at radius 3 is 2.30 bits per heavy atom. The van der Waals surface area contributed by atoms with E-state index >= 15 is 0 Å². The highest BCUT2D eigenvalue weighted by molar-refractivity contribution is 5.91. The van der Waals surface area contributed by atoms with Crippen molar-refractivity contribution in [1.29, 1.82) is 0 Å². The average Bonchev–Trinajstić information content (AvgIpc) is 3.29. The highest BCUT2D eigenvalue weighted by atomic mass is 19.1. The second-order valence-electron chi connectivity index (χ2n) is 10.1. The number of urea groups is 1. The van der Waals surface area contributed by atoms with Gasteiger partial charge in [0.1, 0.15) is 11.6 Å². The van der Waals surface area contributed by atoms with Crippen LogP contribution in [0.25, 0.3) is 10.9 Å². The largest absolute Gasteiger partial charge is 0.497 e. The number of anilines is 1. The van der Waals surface area contributed by atoms with Crippen molar-refractivity contribution in [2.45, 2.75) is 52.5 Å². The second kappa shape index (κ2) is 11.5. The van der Waals surface area contributed by atoms with Gasteiger partial charge < -0.3 is 19.9 Å². The molecule has 0 aliphatic carbocycles. The van der Waals surface area contributed by atoms with Crippen LogP contribution in [0.15, 0.2) is 66.9 Å². The number of para-hydroxylation sites is 1. The first-order chi connectivity index (χ1) is 17.8. The van der Waals surface area contributed by atoms with Crippen molar-refractivity contribution in [3.8, 4) is 5.75 Å². The first-order valence-electron chi connectivity index (χ1n) is 12.8. The summed E-state index contributed by atoms with van der Waals surface area (Å²) < 4.78 is 19.0. The van der Waals surface area contributed by atoms with Gasteiger partial charge in [-0.2, -0.15) is 0 Å². The Morgan fingerprint density at radius 2 is 1.68 bits per heavy atom. The molecule has 0 fully saturated rings. The Labute approximate surface area is 218 Å². The Morgan fingerprint density at radius 1 is 1.00 bits per heavy atom. The van der Waals surface area contributed by atoms with Crippen molar-refractivity contribution in [2.24, 2.45) is 0 Å². The standard InChI is InChI=1S/C31H36FN3O2/c1-20(2)26-7-6-8-27(21(3)4)30(26)34-31(36)35(19-22-9-11-24(32)12-10-22)16-15-23-18-33-29-14-13-25(37-5)17-28(23)29/h6-14,17-18,20-21,33H,15-16,19H2,1-5H3,(H,34,36). The molecule has 5 nitrogen and oxygen atoms in total. The molecule has 194 valence electrons. The number of amides is 2. The van der Waals surface area contributed by atoms with E-state index in [4.69, 9.17) is 4.74 Å². The minimum Gasteiger partial charge on any atom is -0.497 e. The van der Waals surface area contributed by atoms with Crippen LogP contribution in [0.2, 0.25) is 0 Å². The molecule has 1 aromatic heterocycles. The number of H-pyrrole nitrogens is 1. The van der Waals surface area contributed by atoms with E-state index in [2.05, 4.69) is 56.2 Å². The molecule has 0 bridgehead atoms. The Kier molecular flexibility index (Phi) is 8.17. The normalized spacial score (nSPS) is 11.4. The van der Waals surface area contributed by atoms with Crippen LogP contribution in [-0.4, -0.2) is 29.6 Å². The van der Waals surface area contributed by atoms with Crippen molar-refractivity contribution in [1.82, 2.24) is 9.88 Å². The zero-order chi connectivity index (χ0) is 26.5. The van der Waals surface area contributed by atoms with Gasteiger partial charge in [-0.25, -0.2) is 9.18 Å². The van der Waals surface area contributed by atoms with Gasteiger partial charge in [0, 0.05) is 35.9 Å². The van der Waals surface area contributed by atoms with E-state index in [-0.39, 0.29) is 23.7 Å². The maximum absolute atomic E-state index is 13.8. The predicted octanol–water partition coefficient (Wildman–Crippen LogP) is 7.84. The monoisotopic (exact) mass is 501 g/mol. The number of methoxy groups -OCH3 is 1. The lowest BCUT2D eigenvalue weighted by atomic mass is 9.93. The van der Waals surface area contributed by atoms with Gasteiger partial charge >= 0.3 is 6.03 Å². The fourth-order valence-electron chi connectivity index (χ4n) is 4.69. The van der Waals surface area contributed by atoms with Crippen molar-refractivity contribution >= 4 is 22.6 Å². The predicted molar refractivity (Wildman–Crippen MR) is 149 cm³/mol. The molecule has 2 amide bonds. The molecule has 0 saturated carbocycles. The summed E-state index contributed by atoms with van der Waals surface area (Å²) >= 11 is 0. The van der Waals surface area contributed by atoms with Crippen LogP contribution in [-0.2, 0) is 13.0 Å². The molecule has 0 radical (unpaired) electrons. The molecule has 4 aromatic rings. The molecule has 0 aliphatic heterocycles. The summed E-state index contributed by atoms with van der Waals surface area (Å²) in [6.45, 7) is 9.41. The van der Waals surface area contributed by atoms with E-state index in [1.165, 1.54) is 12.1 Å². The lowest BCUT2D eigenvalue weighted by Gasteiger charge is -2.26. The summed E-state index contributed by atoms with van der Waals surface area (Å²) in [7, 11) is 1.66. The Hall–Kier alpha value is -3.80. The molecule has 0 unspecified atom stereocenters. The average molecular weight is 502 g/mol. The molecule has 3 aromatic carbocycles. The highest BCUT2D eigenvalue weighted by Crippen LogP contribution is 2.33. The highest BCUT2D eigenvalue weighted by Gasteiger charge is 2.20. The van der Waals surface area contributed by atoms with Gasteiger partial charge in [0.05, 0.1) is 7.11 Å². The first-order valence-corrected chi connectivity index (χ1v) is 12.8. The number of fused-ring (bicyclic) bond motifs is 1. The second-order valence-corrected chi connectivity index (χ2v) is 10.1. The van der Waals surface area contributed by atoms with E-state index in [0.29, 0.717) is 19.5 Å². The topological polar surface area (TPSA) is 57.4 Å². The van der Waals surface area contributed by atoms with Crippen LogP contribution < -0.4 is 10.1 Å². The fraction of sp³-hybridized carbons (Fsp3) is 0.323. The van der Waals surface area contributed by atoms with Gasteiger partial charge in [-0.15, -0.1) is 0 Å². The smallest absolute Gasteiger partial charge is 0.322 e. The maximum atomic E-state index is 13.8. The van der Waals surface area contributed by atoms with Gasteiger partial charge in [-0.1, -0.05) is 58.0 Å². The third-order valence-electron chi connectivity index (χ3n) is 6.80. The number of aromatic nitrogens is 1. The van der Waals surface area contributed by atoms with Crippen LogP contribution >= 0.6 is 0 Å². The molecular weight excluding hydrogens is 465 g/mol. The summed E-state index contributed by atoms with van der Waals surface area (Å²) in [6.07, 6.45) is 2.65. The minimum atomic E-state index is -0.292. The van der Waals surface area contributed by atoms with Crippen LogP contribution in [0.1, 0.15) is 61.8 Å². The van der Waals surface area contributed by atoms with Gasteiger partial charge in [-0.3, -0.25) is 0 Å². The number of nitrogens with zero attached hydrogens (tertiary/aromatic N) is 1. The molecule has 37 heavy (non-hydrogen) atoms. The number of benzene rings is 3. The van der Waals surface area contributed by atoms with Crippen molar-refractivity contribution in [2.75, 3.05) is 19.0 Å². The van der Waals surface area contributed by atoms with Crippen LogP contribution in [0.5, 0.6) is 5.75 Å². The zero-order valence-corrected chi connectivity index (χ0v) is 22.3. The van der Waals surface area contributed by atoms with Crippen molar-refractivity contribution in [3.05, 3.63) is 94.9 Å². The molecule has 0 spiro atoms. The number of carbonyl (C=O) groups is 1. The number of aromatic amines is 1. The fourth-order valence-corrected chi connectivity index (χ4v) is 4.69. The third kappa shape index (κ3) is 6.13. The quantitative estimate of drug-likeness (QED) is 0.245. The van der Waals surface area contributed by atoms with E-state index in [1.807, 2.05) is 24.4 Å². The van der Waals surface area contributed by atoms with E-state index in [9.17, 15) is 9.18 Å². The van der Waals surface area contributed by atoms with Crippen LogP contribution in [0, 0.1) is 5.82 Å². The number of carbonyl (C=O) groups excluding carboxylic acids is 1. The third-order valence-corrected chi connectivity index (χ3v) is 6.80. The lowest BCUT2D eigenvalue weighted by Crippen LogP contribution is -2.36. The number of halogens is 1. The zero-order valence-electron chi connectivity index (χ0n) is 22.3. The molecule has 6 heteroatoms. The number of hydrogen-bond donors (Lipinski definition) is 2. The van der Waals surface area contributed by atoms with Crippen molar-refractivity contribution < 1.29 is 13.9 Å². The van der Waals surface area contributed by atoms with Gasteiger partial charge in [0.15, 0.2) is 0 Å². The van der Waals surface area contributed by atoms with Gasteiger partial charge in [0.2, 0.25) is 0 Å². The van der Waals surface area contributed by atoms with Crippen LogP contribution in [0.3, 0.4) is 0 Å². The lowest BCUT2D eigenvalue weighted by molar-refractivity contribution is 0.210. The molecule has 0 aliphatic rings. The first kappa shape index (κ1) is 26.3. The minimum absolute atomic E-state index is 0.170. The molecule has 0 saturated heterocycles. The van der Waals surface area contributed by atoms with Gasteiger partial charge in [-0.05, 0) is 70.8 Å². The number of rotatable bonds is 9. The number of hydrogen-bond acceptors (Lipinski definition) is 2. The molecule has 0 atom stereocenters. The summed E-state index contributed by atoms with van der Waals surface area (Å²) in [5.74, 6) is 1.03. The number of ether oxygens (including phenoxy) is 1. The SMILES string of the molecule is COc1ccc2[nH]cc(CCN(Cc3ccc(F)cc3)C(=O)Nc3c(C(C)C)cccc3C(C)C)c2c1. The summed E-state index contributed by atoms with van der Waals surface area (Å²) in [6, 6.07) is 18.3. The van der Waals surface area contributed by atoms with Gasteiger partial charge in [0.25, 0.3) is 0 Å². The van der Waals surface area contributed by atoms with E-state index in [1.54, 1.807) is 24.1 Å². The molecule has 1 heterocycles. The molecular formula is C31H36FN3O2. The molecule has 4 rings (SSSR count). The number of nitrogens with one attached hydrogen (secondary N) is 2. The maximum Gasteiger partial charge on any atom is 0.322 e. The van der Waals surface area contributed by atoms with Crippen LogP contribution in [0.4, 0.5) is 14.9 Å². The Bertz CT molecular complexity index is 1330. The summed E-state index contributed by atoms with van der Waals surface area (Å²) in [5.41, 5.74) is 6.13. The van der Waals surface area contributed by atoms with E-state index < -0.39 is 0 Å². The Balaban J connectivity index is 1.62. The van der Waals surface area contributed by atoms with E-state index in [0.717, 1.165) is 44.6 Å². The van der Waals surface area contributed by atoms with Crippen molar-refractivity contribution in [3.63, 3.8) is 0 Å². The molecule has 2 N–H and O–H groups in total. The summed E-state index contributed by atoms with van der Waals surface area (Å²) in [4.78, 5) is 18.9. The summed E-state index contributed by atoms with van der Waals surface area (Å²) in [5, 5.41) is 4.32.